The summed E-state index contributed by atoms with van der Waals surface area (Å²) in [6, 6.07) is 108. The van der Waals surface area contributed by atoms with Crippen LogP contribution in [0.15, 0.2) is 334 Å². The molecule has 0 saturated heterocycles. The first-order valence-corrected chi connectivity index (χ1v) is 41.5. The topological polar surface area (TPSA) is 90.2 Å². The highest BCUT2D eigenvalue weighted by atomic mass is 15.1. The van der Waals surface area contributed by atoms with Gasteiger partial charge >= 0.3 is 0 Å². The van der Waals surface area contributed by atoms with E-state index in [4.69, 9.17) is 0 Å². The number of hydrogen-bond donors (Lipinski definition) is 0. The van der Waals surface area contributed by atoms with Gasteiger partial charge in [-0.15, -0.1) is 0 Å². The minimum atomic E-state index is 0.829. The Morgan fingerprint density at radius 2 is 0.437 bits per heavy atom. The van der Waals surface area contributed by atoms with Crippen LogP contribution in [-0.2, 0) is 6.42 Å². The van der Waals surface area contributed by atoms with E-state index in [2.05, 4.69) is 389 Å². The number of nitrogens with zero attached hydrogens (tertiary/aromatic N) is 7. The Hall–Kier alpha value is -13.0. The fraction of sp³-hybridized carbons (Fsp3) is 0.205. The van der Waals surface area contributed by atoms with E-state index in [9.17, 15) is 0 Å². The second-order valence-electron chi connectivity index (χ2n) is 30.0. The van der Waals surface area contributed by atoms with Crippen molar-refractivity contribution in [2.45, 2.75) is 159 Å². The average molecular weight is 1570 g/mol. The van der Waals surface area contributed by atoms with Crippen LogP contribution in [0.5, 0.6) is 0 Å². The highest BCUT2D eigenvalue weighted by molar-refractivity contribution is 6.07. The highest BCUT2D eigenvalue weighted by Gasteiger charge is 2.18. The molecule has 7 nitrogen and oxygen atoms in total. The van der Waals surface area contributed by atoms with E-state index < -0.39 is 0 Å². The Kier molecular flexibility index (Phi) is 38.5. The molecule has 119 heavy (non-hydrogen) atoms. The van der Waals surface area contributed by atoms with E-state index >= 15 is 0 Å². The maximum atomic E-state index is 4.08. The Balaban J connectivity index is 0.000000185. The molecule has 0 saturated carbocycles. The van der Waals surface area contributed by atoms with Gasteiger partial charge in [-0.05, 0) is 248 Å². The van der Waals surface area contributed by atoms with Crippen LogP contribution in [0.3, 0.4) is 0 Å². The lowest BCUT2D eigenvalue weighted by Crippen LogP contribution is -1.86. The zero-order chi connectivity index (χ0) is 86.2. The van der Waals surface area contributed by atoms with Crippen LogP contribution in [0.2, 0.25) is 0 Å². The molecule has 7 heteroatoms. The molecule has 0 N–H and O–H groups in total. The molecule has 0 fully saturated rings. The molecule has 606 valence electrons. The second kappa shape index (κ2) is 49.2. The summed E-state index contributed by atoms with van der Waals surface area (Å²) in [4.78, 5) is 20.0. The first kappa shape index (κ1) is 93.2. The lowest BCUT2D eigenvalue weighted by atomic mass is 9.99. The molecular weight excluding hydrogens is 1440 g/mol. The molecule has 0 bridgehead atoms. The van der Waals surface area contributed by atoms with Crippen LogP contribution in [0.25, 0.3) is 76.8 Å². The molecule has 1 aliphatic carbocycles. The van der Waals surface area contributed by atoms with Crippen molar-refractivity contribution in [2.24, 2.45) is 0 Å². The fourth-order valence-electron chi connectivity index (χ4n) is 12.3. The van der Waals surface area contributed by atoms with Crippen molar-refractivity contribution in [3.05, 3.63) is 446 Å². The minimum absolute atomic E-state index is 0.829. The van der Waals surface area contributed by atoms with Crippen LogP contribution in [0.1, 0.15) is 140 Å². The van der Waals surface area contributed by atoms with Gasteiger partial charge in [0.05, 0.1) is 22.8 Å². The molecule has 0 unspecified atom stereocenters. The number of rotatable bonds is 3. The molecule has 0 radical (unpaired) electrons. The van der Waals surface area contributed by atoms with Crippen LogP contribution in [-0.4, -0.2) is 35.1 Å². The zero-order valence-corrected chi connectivity index (χ0v) is 74.6. The monoisotopic (exact) mass is 1570 g/mol. The van der Waals surface area contributed by atoms with Crippen molar-refractivity contribution in [2.75, 3.05) is 0 Å². The summed E-state index contributed by atoms with van der Waals surface area (Å²) in [5.74, 6) is 0.829. The standard InChI is InChI=1S/C20H18.C16H14.C15H14.C14H14.C10H8.C8H10.C7H9N.3C6H8N2.2C2H6/c1-15-3-7-17(8-4-15)19-11-13-20(14-12-19)18-9-5-16(2)6-10-18;1-11-3-7-15-13(9-11)5-6-14-10-12(2)4-8-16(14)15;1-10-3-5-14-12(7-10)9-13-8-11(2)4-6-15(13)14;1-11-3-7-13(8-4-11)14-9-5-12(2)6-10-14;1-2-6-10-8-4-3-7-9(10)5-1;1-7-3-5-8(2)6-4-7;1-6-3-4-7(2)8-5-6;1-5-3-8-6(2)4-7-5;1-5-3-7-6(2)8-4-5;1-5-3-4-6(2)8-7-5;2*1-2/h3-14H,1-2H3;3-10H,1-2H3;3-8H,9H2,1-2H3;3-10H,1-2H3;1-8H;3-6H,1-2H3;3-5H,1-2H3;3*3-4H,1-2H3;2*1-2H3. The summed E-state index contributed by atoms with van der Waals surface area (Å²) < 4.78 is 0. The number of aryl methyl sites for hydroxylation is 18. The molecule has 1 aliphatic rings. The summed E-state index contributed by atoms with van der Waals surface area (Å²) >= 11 is 0. The molecule has 4 aromatic heterocycles. The lowest BCUT2D eigenvalue weighted by Gasteiger charge is -2.06. The maximum Gasteiger partial charge on any atom is 0.125 e. The summed E-state index contributed by atoms with van der Waals surface area (Å²) in [5.41, 5.74) is 34.0. The third-order valence-electron chi connectivity index (χ3n) is 19.1. The van der Waals surface area contributed by atoms with Crippen molar-refractivity contribution in [1.82, 2.24) is 35.1 Å². The molecule has 0 atom stereocenters. The molecule has 0 amide bonds. The van der Waals surface area contributed by atoms with Gasteiger partial charge in [-0.3, -0.25) is 15.0 Å². The molecule has 17 aromatic rings. The number of pyridine rings is 1. The van der Waals surface area contributed by atoms with Crippen LogP contribution in [0.4, 0.5) is 0 Å². The largest absolute Gasteiger partial charge is 0.261 e. The predicted octanol–water partition coefficient (Wildman–Crippen LogP) is 30.3. The molecular formula is C112H123N7. The Morgan fingerprint density at radius 3 is 0.714 bits per heavy atom. The van der Waals surface area contributed by atoms with Crippen molar-refractivity contribution in [3.63, 3.8) is 0 Å². The normalized spacial score (nSPS) is 10.1. The van der Waals surface area contributed by atoms with E-state index in [0.717, 1.165) is 46.3 Å². The Bertz CT molecular complexity index is 5160. The van der Waals surface area contributed by atoms with Crippen LogP contribution in [0, 0.1) is 125 Å². The van der Waals surface area contributed by atoms with Gasteiger partial charge in [0.15, 0.2) is 0 Å². The van der Waals surface area contributed by atoms with Gasteiger partial charge in [-0.25, -0.2) is 9.97 Å². The molecule has 0 spiro atoms. The number of benzene rings is 13. The van der Waals surface area contributed by atoms with Gasteiger partial charge in [-0.1, -0.05) is 368 Å². The van der Waals surface area contributed by atoms with Crippen molar-refractivity contribution in [3.8, 4) is 44.5 Å². The number of fused-ring (bicyclic) bond motifs is 7. The lowest BCUT2D eigenvalue weighted by molar-refractivity contribution is 0.941. The highest BCUT2D eigenvalue weighted by Crippen LogP contribution is 2.37. The van der Waals surface area contributed by atoms with Gasteiger partial charge in [0.2, 0.25) is 0 Å². The smallest absolute Gasteiger partial charge is 0.125 e. The van der Waals surface area contributed by atoms with Gasteiger partial charge in [0.25, 0.3) is 0 Å². The quantitative estimate of drug-likeness (QED) is 0.163. The molecule has 4 heterocycles. The maximum absolute atomic E-state index is 4.08. The summed E-state index contributed by atoms with van der Waals surface area (Å²) in [6.07, 6.45) is 10.1. The van der Waals surface area contributed by atoms with Crippen molar-refractivity contribution < 1.29 is 0 Å². The second-order valence-corrected chi connectivity index (χ2v) is 30.0. The zero-order valence-electron chi connectivity index (χ0n) is 74.6. The van der Waals surface area contributed by atoms with Gasteiger partial charge in [-0.2, -0.15) is 10.2 Å². The van der Waals surface area contributed by atoms with Crippen molar-refractivity contribution >= 4 is 32.3 Å². The van der Waals surface area contributed by atoms with E-state index in [-0.39, 0.29) is 0 Å². The third-order valence-corrected chi connectivity index (χ3v) is 19.1. The predicted molar refractivity (Wildman–Crippen MR) is 514 cm³/mol. The fourth-order valence-corrected chi connectivity index (χ4v) is 12.3. The van der Waals surface area contributed by atoms with Crippen LogP contribution >= 0.6 is 0 Å². The Labute approximate surface area is 712 Å². The number of hydrogen-bond acceptors (Lipinski definition) is 7. The molecule has 18 rings (SSSR count). The number of aromatic nitrogens is 7. The first-order chi connectivity index (χ1) is 57.4. The van der Waals surface area contributed by atoms with E-state index in [1.165, 1.54) is 149 Å². The van der Waals surface area contributed by atoms with Crippen LogP contribution < -0.4 is 0 Å². The van der Waals surface area contributed by atoms with Gasteiger partial charge in [0.1, 0.15) is 5.82 Å². The van der Waals surface area contributed by atoms with E-state index in [1.807, 2.05) is 120 Å². The Morgan fingerprint density at radius 1 is 0.185 bits per heavy atom. The average Bonchev–Trinajstić information content (AvgIpc) is 1.77. The molecule has 13 aromatic carbocycles. The van der Waals surface area contributed by atoms with Crippen molar-refractivity contribution in [1.29, 1.82) is 0 Å². The SMILES string of the molecule is CC.CC.Cc1ccc(-c2ccc(-c3ccc(C)cc3)cc2)cc1.Cc1ccc(-c2ccc(C)cc2)cc1.Cc1ccc(C)cc1.Cc1ccc(C)nc1.Cc1ccc(C)nn1.Cc1ccc2c(c1)Cc1cc(C)ccc1-2.Cc1ccc2c(ccc3cc(C)ccc32)c1.Cc1cnc(C)cn1.Cc1cnc(C)nc1.c1ccc2ccccc2c1. The third kappa shape index (κ3) is 32.2. The van der Waals surface area contributed by atoms with Gasteiger partial charge < -0.3 is 0 Å². The van der Waals surface area contributed by atoms with Gasteiger partial charge in [0, 0.05) is 36.7 Å². The molecule has 0 aliphatic heterocycles. The van der Waals surface area contributed by atoms with E-state index in [1.54, 1.807) is 12.4 Å². The summed E-state index contributed by atoms with van der Waals surface area (Å²) in [5, 5.41) is 15.6. The summed E-state index contributed by atoms with van der Waals surface area (Å²) in [7, 11) is 0. The summed E-state index contributed by atoms with van der Waals surface area (Å²) in [6.45, 7) is 44.8. The minimum Gasteiger partial charge on any atom is -0.261 e. The first-order valence-electron chi connectivity index (χ1n) is 41.5. The van der Waals surface area contributed by atoms with E-state index in [0.29, 0.717) is 0 Å².